The summed E-state index contributed by atoms with van der Waals surface area (Å²) in [5.41, 5.74) is 2.53. The third kappa shape index (κ3) is 3.26. The fraction of sp³-hybridized carbons (Fsp3) is 0.364. The van der Waals surface area contributed by atoms with Gasteiger partial charge in [0.25, 0.3) is 11.8 Å². The van der Waals surface area contributed by atoms with Crippen LogP contribution in [0.15, 0.2) is 24.4 Å². The minimum Gasteiger partial charge on any atom is -0.480 e. The van der Waals surface area contributed by atoms with Crippen LogP contribution in [0.3, 0.4) is 0 Å². The van der Waals surface area contributed by atoms with Crippen molar-refractivity contribution < 1.29 is 14.3 Å². The zero-order valence-electron chi connectivity index (χ0n) is 17.3. The molecule has 2 amide bonds. The molecular weight excluding hydrogens is 418 g/mol. The van der Waals surface area contributed by atoms with Crippen molar-refractivity contribution in [3.05, 3.63) is 40.5 Å². The molecule has 31 heavy (non-hydrogen) atoms. The number of nitrogens with zero attached hydrogens (tertiary/aromatic N) is 4. The average Bonchev–Trinajstić information content (AvgIpc) is 3.42. The second kappa shape index (κ2) is 7.62. The number of carbonyl (C=O) groups excluding carboxylic acids is 2. The van der Waals surface area contributed by atoms with Crippen molar-refractivity contribution >= 4 is 34.4 Å². The van der Waals surface area contributed by atoms with Crippen LogP contribution in [0.25, 0.3) is 22.4 Å². The lowest BCUT2D eigenvalue weighted by atomic mass is 10.1. The smallest absolute Gasteiger partial charge is 0.261 e. The van der Waals surface area contributed by atoms with Crippen molar-refractivity contribution in [1.29, 1.82) is 0 Å². The number of aromatic nitrogens is 3. The van der Waals surface area contributed by atoms with E-state index in [1.807, 2.05) is 0 Å². The topological polar surface area (TPSA) is 91.4 Å². The van der Waals surface area contributed by atoms with Crippen molar-refractivity contribution in [2.45, 2.75) is 25.8 Å². The first kappa shape index (κ1) is 20.0. The predicted octanol–water partition coefficient (Wildman–Crippen LogP) is 3.37. The number of imide groups is 1. The number of aromatic amines is 1. The van der Waals surface area contributed by atoms with Crippen LogP contribution >= 0.6 is 11.6 Å². The van der Waals surface area contributed by atoms with E-state index in [0.717, 1.165) is 19.4 Å². The summed E-state index contributed by atoms with van der Waals surface area (Å²) >= 11 is 6.34. The number of methoxy groups -OCH3 is 1. The van der Waals surface area contributed by atoms with Gasteiger partial charge in [0.15, 0.2) is 0 Å². The number of halogens is 1. The summed E-state index contributed by atoms with van der Waals surface area (Å²) in [6.45, 7) is 4.29. The summed E-state index contributed by atoms with van der Waals surface area (Å²) < 4.78 is 5.31. The highest BCUT2D eigenvalue weighted by atomic mass is 35.5. The molecule has 2 aliphatic heterocycles. The Morgan fingerprint density at radius 1 is 1.23 bits per heavy atom. The summed E-state index contributed by atoms with van der Waals surface area (Å²) in [5, 5.41) is 0.438. The van der Waals surface area contributed by atoms with Gasteiger partial charge in [0, 0.05) is 25.3 Å². The van der Waals surface area contributed by atoms with Crippen LogP contribution < -0.4 is 4.74 Å². The Morgan fingerprint density at radius 2 is 2.00 bits per heavy atom. The Bertz CT molecular complexity index is 1150. The van der Waals surface area contributed by atoms with Gasteiger partial charge in [0.05, 0.1) is 39.9 Å². The fourth-order valence-electron chi connectivity index (χ4n) is 4.46. The number of rotatable bonds is 5. The zero-order chi connectivity index (χ0) is 21.7. The van der Waals surface area contributed by atoms with E-state index in [9.17, 15) is 9.59 Å². The first-order chi connectivity index (χ1) is 15.0. The van der Waals surface area contributed by atoms with E-state index < -0.39 is 0 Å². The van der Waals surface area contributed by atoms with Gasteiger partial charge in [0.2, 0.25) is 5.88 Å². The summed E-state index contributed by atoms with van der Waals surface area (Å²) in [5.74, 6) is 0.277. The number of imidazole rings is 1. The standard InChI is InChI=1S/C22H22ClN5O3/c1-12-4-3-7-27(12)8-9-28-21(29)13-10-16-17(11-14(13)22(28)30)26-19(25-16)18-15(23)5-6-24-20(18)31-2/h5-6,10-12H,3-4,7-9H2,1-2H3,(H,25,26)/t12-/m1/s1. The normalized spacial score (nSPS) is 18.9. The van der Waals surface area contributed by atoms with Crippen molar-refractivity contribution in [3.63, 3.8) is 0 Å². The summed E-state index contributed by atoms with van der Waals surface area (Å²) in [7, 11) is 1.51. The van der Waals surface area contributed by atoms with Gasteiger partial charge in [-0.05, 0) is 44.5 Å². The number of amides is 2. The lowest BCUT2D eigenvalue weighted by Crippen LogP contribution is -2.39. The quantitative estimate of drug-likeness (QED) is 0.613. The Hall–Kier alpha value is -2.97. The number of fused-ring (bicyclic) bond motifs is 2. The van der Waals surface area contributed by atoms with E-state index in [-0.39, 0.29) is 11.8 Å². The van der Waals surface area contributed by atoms with Crippen LogP contribution in [-0.2, 0) is 0 Å². The number of hydrogen-bond donors (Lipinski definition) is 1. The van der Waals surface area contributed by atoms with Crippen molar-refractivity contribution in [1.82, 2.24) is 24.8 Å². The van der Waals surface area contributed by atoms with E-state index in [1.54, 1.807) is 24.4 Å². The minimum atomic E-state index is -0.268. The molecule has 0 unspecified atom stereocenters. The molecule has 1 aromatic carbocycles. The molecule has 8 nitrogen and oxygen atoms in total. The first-order valence-electron chi connectivity index (χ1n) is 10.3. The summed E-state index contributed by atoms with van der Waals surface area (Å²) in [6, 6.07) is 5.50. The molecule has 160 valence electrons. The van der Waals surface area contributed by atoms with E-state index in [1.165, 1.54) is 12.0 Å². The molecule has 3 aromatic rings. The minimum absolute atomic E-state index is 0.262. The Balaban J connectivity index is 1.46. The summed E-state index contributed by atoms with van der Waals surface area (Å²) in [6.07, 6.45) is 3.87. The maximum atomic E-state index is 13.0. The van der Waals surface area contributed by atoms with Crippen LogP contribution in [0.5, 0.6) is 5.88 Å². The van der Waals surface area contributed by atoms with Crippen molar-refractivity contribution in [2.75, 3.05) is 26.7 Å². The average molecular weight is 440 g/mol. The number of pyridine rings is 1. The second-order valence-electron chi connectivity index (χ2n) is 7.97. The Labute approximate surface area is 184 Å². The van der Waals surface area contributed by atoms with Gasteiger partial charge in [-0.25, -0.2) is 9.97 Å². The van der Waals surface area contributed by atoms with Crippen LogP contribution in [0.4, 0.5) is 0 Å². The molecule has 0 saturated carbocycles. The Morgan fingerprint density at radius 3 is 2.71 bits per heavy atom. The maximum Gasteiger partial charge on any atom is 0.261 e. The Kier molecular flexibility index (Phi) is 4.91. The van der Waals surface area contributed by atoms with Crippen LogP contribution in [0.2, 0.25) is 5.02 Å². The molecule has 2 aromatic heterocycles. The molecule has 0 bridgehead atoms. The number of hydrogen-bond acceptors (Lipinski definition) is 6. The molecule has 0 radical (unpaired) electrons. The summed E-state index contributed by atoms with van der Waals surface area (Å²) in [4.78, 5) is 41.5. The molecular formula is C22H22ClN5O3. The maximum absolute atomic E-state index is 13.0. The number of nitrogens with one attached hydrogen (secondary N) is 1. The number of carbonyl (C=O) groups is 2. The highest BCUT2D eigenvalue weighted by Gasteiger charge is 2.37. The molecule has 0 aliphatic carbocycles. The van der Waals surface area contributed by atoms with E-state index in [4.69, 9.17) is 16.3 Å². The number of likely N-dealkylation sites (tertiary alicyclic amines) is 1. The van der Waals surface area contributed by atoms with Crippen molar-refractivity contribution in [3.8, 4) is 17.3 Å². The lowest BCUT2D eigenvalue weighted by Gasteiger charge is -2.23. The van der Waals surface area contributed by atoms with Crippen LogP contribution in [0, 0.1) is 0 Å². The largest absolute Gasteiger partial charge is 0.480 e. The van der Waals surface area contributed by atoms with Gasteiger partial charge >= 0.3 is 0 Å². The SMILES string of the molecule is COc1nccc(Cl)c1-c1nc2cc3c(cc2[nH]1)C(=O)N(CCN1CCC[C@H]1C)C3=O. The molecule has 4 heterocycles. The number of benzene rings is 1. The van der Waals surface area contributed by atoms with Gasteiger partial charge in [-0.1, -0.05) is 11.6 Å². The molecule has 9 heteroatoms. The van der Waals surface area contributed by atoms with E-state index in [0.29, 0.717) is 63.6 Å². The van der Waals surface area contributed by atoms with Crippen LogP contribution in [0.1, 0.15) is 40.5 Å². The molecule has 5 rings (SSSR count). The number of ether oxygens (including phenoxy) is 1. The van der Waals surface area contributed by atoms with Crippen LogP contribution in [-0.4, -0.2) is 69.4 Å². The third-order valence-electron chi connectivity index (χ3n) is 6.17. The van der Waals surface area contributed by atoms with Gasteiger partial charge < -0.3 is 9.72 Å². The highest BCUT2D eigenvalue weighted by Crippen LogP contribution is 2.35. The molecule has 1 fully saturated rings. The monoisotopic (exact) mass is 439 g/mol. The molecule has 2 aliphatic rings. The fourth-order valence-corrected chi connectivity index (χ4v) is 4.68. The predicted molar refractivity (Wildman–Crippen MR) is 117 cm³/mol. The van der Waals surface area contributed by atoms with Gasteiger partial charge in [-0.3, -0.25) is 19.4 Å². The third-order valence-corrected chi connectivity index (χ3v) is 6.48. The van der Waals surface area contributed by atoms with Gasteiger partial charge in [0.1, 0.15) is 5.82 Å². The van der Waals surface area contributed by atoms with E-state index in [2.05, 4.69) is 26.8 Å². The molecule has 0 spiro atoms. The first-order valence-corrected chi connectivity index (χ1v) is 10.7. The van der Waals surface area contributed by atoms with E-state index >= 15 is 0 Å². The lowest BCUT2D eigenvalue weighted by molar-refractivity contribution is 0.0634. The molecule has 1 atom stereocenters. The number of H-pyrrole nitrogens is 1. The zero-order valence-corrected chi connectivity index (χ0v) is 18.1. The molecule has 1 saturated heterocycles. The van der Waals surface area contributed by atoms with Crippen molar-refractivity contribution in [2.24, 2.45) is 0 Å². The van der Waals surface area contributed by atoms with Gasteiger partial charge in [-0.15, -0.1) is 0 Å². The highest BCUT2D eigenvalue weighted by molar-refractivity contribution is 6.33. The second-order valence-corrected chi connectivity index (χ2v) is 8.37. The van der Waals surface area contributed by atoms with Gasteiger partial charge in [-0.2, -0.15) is 0 Å². The molecule has 1 N–H and O–H groups in total.